The summed E-state index contributed by atoms with van der Waals surface area (Å²) in [5.41, 5.74) is 2.01. The predicted octanol–water partition coefficient (Wildman–Crippen LogP) is 3.33. The highest BCUT2D eigenvalue weighted by molar-refractivity contribution is 6.01. The fourth-order valence-corrected chi connectivity index (χ4v) is 3.09. The summed E-state index contributed by atoms with van der Waals surface area (Å²) >= 11 is 0. The lowest BCUT2D eigenvalue weighted by molar-refractivity contribution is -0.121. The van der Waals surface area contributed by atoms with Gasteiger partial charge in [0, 0.05) is 12.6 Å². The number of carbonyl (C=O) groups is 2. The van der Waals surface area contributed by atoms with Crippen LogP contribution in [0.2, 0.25) is 0 Å². The van der Waals surface area contributed by atoms with Crippen molar-refractivity contribution in [2.45, 2.75) is 13.3 Å². The Morgan fingerprint density at radius 2 is 2.07 bits per heavy atom. The summed E-state index contributed by atoms with van der Waals surface area (Å²) in [6, 6.07) is 11.1. The molecule has 3 aromatic rings. The molecule has 2 aromatic carbocycles. The number of aromatic nitrogens is 1. The Labute approximate surface area is 166 Å². The Kier molecular flexibility index (Phi) is 4.75. The molecule has 7 nitrogen and oxygen atoms in total. The zero-order valence-electron chi connectivity index (χ0n) is 15.9. The minimum atomic E-state index is -0.394. The first-order valence-corrected chi connectivity index (χ1v) is 8.97. The van der Waals surface area contributed by atoms with Gasteiger partial charge in [0.05, 0.1) is 23.5 Å². The SMILES string of the molecule is Cc1oc(-c2cccc(F)c2)nc1CC(=O)Nc1cccc2c1OCC(=O)N2C. The number of halogens is 1. The van der Waals surface area contributed by atoms with Crippen LogP contribution in [0.3, 0.4) is 0 Å². The minimum Gasteiger partial charge on any atom is -0.479 e. The molecule has 0 spiro atoms. The van der Waals surface area contributed by atoms with Crippen LogP contribution in [-0.4, -0.2) is 30.5 Å². The summed E-state index contributed by atoms with van der Waals surface area (Å²) in [7, 11) is 1.65. The lowest BCUT2D eigenvalue weighted by Crippen LogP contribution is -2.35. The molecule has 0 atom stereocenters. The lowest BCUT2D eigenvalue weighted by Gasteiger charge is -2.27. The maximum atomic E-state index is 13.4. The van der Waals surface area contributed by atoms with Gasteiger partial charge in [0.15, 0.2) is 12.4 Å². The average Bonchev–Trinajstić information content (AvgIpc) is 3.05. The molecule has 2 heterocycles. The number of amides is 2. The number of anilines is 2. The van der Waals surface area contributed by atoms with Crippen molar-refractivity contribution in [1.82, 2.24) is 4.98 Å². The molecule has 1 N–H and O–H groups in total. The third-order valence-corrected chi connectivity index (χ3v) is 4.64. The van der Waals surface area contributed by atoms with Crippen molar-refractivity contribution in [2.75, 3.05) is 23.9 Å². The molecule has 1 aromatic heterocycles. The number of para-hydroxylation sites is 1. The van der Waals surface area contributed by atoms with Gasteiger partial charge in [-0.25, -0.2) is 9.37 Å². The Bertz CT molecular complexity index is 1110. The van der Waals surface area contributed by atoms with Crippen molar-refractivity contribution < 1.29 is 23.1 Å². The monoisotopic (exact) mass is 395 g/mol. The molecular weight excluding hydrogens is 377 g/mol. The maximum absolute atomic E-state index is 13.4. The third kappa shape index (κ3) is 3.69. The topological polar surface area (TPSA) is 84.7 Å². The van der Waals surface area contributed by atoms with Gasteiger partial charge in [-0.3, -0.25) is 9.59 Å². The van der Waals surface area contributed by atoms with E-state index in [0.717, 1.165) is 0 Å². The van der Waals surface area contributed by atoms with Crippen LogP contribution in [0, 0.1) is 12.7 Å². The summed E-state index contributed by atoms with van der Waals surface area (Å²) in [5, 5.41) is 2.80. The average molecular weight is 395 g/mol. The van der Waals surface area contributed by atoms with E-state index in [1.165, 1.54) is 17.0 Å². The summed E-state index contributed by atoms with van der Waals surface area (Å²) < 4.78 is 24.5. The molecule has 8 heteroatoms. The van der Waals surface area contributed by atoms with Gasteiger partial charge in [-0.2, -0.15) is 0 Å². The molecule has 1 aliphatic heterocycles. The van der Waals surface area contributed by atoms with E-state index in [0.29, 0.717) is 34.1 Å². The second kappa shape index (κ2) is 7.38. The van der Waals surface area contributed by atoms with Crippen LogP contribution in [0.25, 0.3) is 11.5 Å². The zero-order valence-corrected chi connectivity index (χ0v) is 15.9. The Morgan fingerprint density at radius 1 is 1.28 bits per heavy atom. The van der Waals surface area contributed by atoms with Crippen LogP contribution in [0.1, 0.15) is 11.5 Å². The fourth-order valence-electron chi connectivity index (χ4n) is 3.09. The van der Waals surface area contributed by atoms with E-state index in [1.807, 2.05) is 0 Å². The number of carbonyl (C=O) groups excluding carboxylic acids is 2. The summed E-state index contributed by atoms with van der Waals surface area (Å²) in [6.45, 7) is 1.61. The van der Waals surface area contributed by atoms with E-state index >= 15 is 0 Å². The highest BCUT2D eigenvalue weighted by Crippen LogP contribution is 2.38. The molecule has 0 saturated carbocycles. The predicted molar refractivity (Wildman–Crippen MR) is 104 cm³/mol. The number of aryl methyl sites for hydroxylation is 1. The van der Waals surface area contributed by atoms with Gasteiger partial charge in [-0.15, -0.1) is 0 Å². The fraction of sp³-hybridized carbons (Fsp3) is 0.190. The highest BCUT2D eigenvalue weighted by Gasteiger charge is 2.25. The maximum Gasteiger partial charge on any atom is 0.264 e. The molecule has 29 heavy (non-hydrogen) atoms. The Hall–Kier alpha value is -3.68. The number of nitrogens with one attached hydrogen (secondary N) is 1. The van der Waals surface area contributed by atoms with Crippen LogP contribution in [0.15, 0.2) is 46.9 Å². The van der Waals surface area contributed by atoms with Crippen molar-refractivity contribution in [2.24, 2.45) is 0 Å². The number of fused-ring (bicyclic) bond motifs is 1. The molecule has 0 unspecified atom stereocenters. The third-order valence-electron chi connectivity index (χ3n) is 4.64. The number of nitrogens with zero attached hydrogens (tertiary/aromatic N) is 2. The second-order valence-corrected chi connectivity index (χ2v) is 6.65. The van der Waals surface area contributed by atoms with Crippen molar-refractivity contribution in [1.29, 1.82) is 0 Å². The van der Waals surface area contributed by atoms with E-state index < -0.39 is 5.82 Å². The van der Waals surface area contributed by atoms with Gasteiger partial charge in [-0.05, 0) is 37.3 Å². The first-order valence-electron chi connectivity index (χ1n) is 8.97. The van der Waals surface area contributed by atoms with Crippen molar-refractivity contribution in [3.05, 3.63) is 59.7 Å². The number of likely N-dealkylation sites (N-methyl/N-ethyl adjacent to an activating group) is 1. The van der Waals surface area contributed by atoms with Gasteiger partial charge < -0.3 is 19.4 Å². The largest absolute Gasteiger partial charge is 0.479 e. The number of hydrogen-bond acceptors (Lipinski definition) is 5. The minimum absolute atomic E-state index is 0.0247. The standard InChI is InChI=1S/C21H18FN3O4/c1-12-16(24-21(29-12)13-5-3-6-14(22)9-13)10-18(26)23-15-7-4-8-17-20(15)28-11-19(27)25(17)2/h3-9H,10-11H2,1-2H3,(H,23,26). The molecule has 2 amide bonds. The second-order valence-electron chi connectivity index (χ2n) is 6.65. The molecule has 0 bridgehead atoms. The number of rotatable bonds is 4. The van der Waals surface area contributed by atoms with Crippen LogP contribution in [-0.2, 0) is 16.0 Å². The van der Waals surface area contributed by atoms with E-state index in [-0.39, 0.29) is 30.7 Å². The van der Waals surface area contributed by atoms with Crippen LogP contribution >= 0.6 is 0 Å². The van der Waals surface area contributed by atoms with E-state index in [2.05, 4.69) is 10.3 Å². The quantitative estimate of drug-likeness (QED) is 0.733. The highest BCUT2D eigenvalue weighted by atomic mass is 19.1. The zero-order chi connectivity index (χ0) is 20.5. The lowest BCUT2D eigenvalue weighted by atomic mass is 10.2. The van der Waals surface area contributed by atoms with Crippen LogP contribution in [0.4, 0.5) is 15.8 Å². The van der Waals surface area contributed by atoms with Crippen LogP contribution in [0.5, 0.6) is 5.75 Å². The molecule has 148 valence electrons. The first-order chi connectivity index (χ1) is 13.9. The molecule has 4 rings (SSSR count). The molecular formula is C21H18FN3O4. The van der Waals surface area contributed by atoms with Crippen molar-refractivity contribution in [3.63, 3.8) is 0 Å². The van der Waals surface area contributed by atoms with E-state index in [4.69, 9.17) is 9.15 Å². The van der Waals surface area contributed by atoms with Gasteiger partial charge in [0.2, 0.25) is 11.8 Å². The summed E-state index contributed by atoms with van der Waals surface area (Å²) in [5.74, 6) is 0.310. The summed E-state index contributed by atoms with van der Waals surface area (Å²) in [4.78, 5) is 30.2. The van der Waals surface area contributed by atoms with Gasteiger partial charge in [-0.1, -0.05) is 12.1 Å². The Morgan fingerprint density at radius 3 is 2.86 bits per heavy atom. The summed E-state index contributed by atoms with van der Waals surface area (Å²) in [6.07, 6.45) is -0.0247. The van der Waals surface area contributed by atoms with Crippen molar-refractivity contribution >= 4 is 23.2 Å². The number of ether oxygens (including phenoxy) is 1. The first kappa shape index (κ1) is 18.7. The van der Waals surface area contributed by atoms with Crippen molar-refractivity contribution in [3.8, 4) is 17.2 Å². The van der Waals surface area contributed by atoms with E-state index in [9.17, 15) is 14.0 Å². The van der Waals surface area contributed by atoms with E-state index in [1.54, 1.807) is 44.3 Å². The molecule has 1 aliphatic rings. The van der Waals surface area contributed by atoms with Gasteiger partial charge >= 0.3 is 0 Å². The van der Waals surface area contributed by atoms with Crippen LogP contribution < -0.4 is 15.0 Å². The number of oxazole rings is 1. The Balaban J connectivity index is 1.52. The van der Waals surface area contributed by atoms with Gasteiger partial charge in [0.25, 0.3) is 5.91 Å². The smallest absolute Gasteiger partial charge is 0.264 e. The normalized spacial score (nSPS) is 13.1. The number of hydrogen-bond donors (Lipinski definition) is 1. The molecule has 0 fully saturated rings. The molecule has 0 aliphatic carbocycles. The number of benzene rings is 2. The molecule has 0 saturated heterocycles. The van der Waals surface area contributed by atoms with Gasteiger partial charge in [0.1, 0.15) is 11.6 Å². The molecule has 0 radical (unpaired) electrons.